The van der Waals surface area contributed by atoms with Gasteiger partial charge >= 0.3 is 0 Å². The molecule has 2 N–H and O–H groups in total. The number of thiophene rings is 1. The summed E-state index contributed by atoms with van der Waals surface area (Å²) in [5.41, 5.74) is 7.26. The predicted octanol–water partition coefficient (Wildman–Crippen LogP) is 3.26. The van der Waals surface area contributed by atoms with E-state index in [4.69, 9.17) is 10.5 Å². The highest BCUT2D eigenvalue weighted by atomic mass is 32.1. The van der Waals surface area contributed by atoms with E-state index in [1.807, 2.05) is 6.92 Å². The Morgan fingerprint density at radius 1 is 1.47 bits per heavy atom. The lowest BCUT2D eigenvalue weighted by Gasteiger charge is -2.24. The standard InChI is InChI=1S/C12H21NOS/c1-5-9(3)14-11(10(4)13)12-8(2)6-7-15-12/h6-7,9-11H,5,13H2,1-4H3. The highest BCUT2D eigenvalue weighted by molar-refractivity contribution is 7.10. The topological polar surface area (TPSA) is 35.2 Å². The van der Waals surface area contributed by atoms with Gasteiger partial charge in [-0.15, -0.1) is 11.3 Å². The van der Waals surface area contributed by atoms with Crippen LogP contribution in [0.5, 0.6) is 0 Å². The van der Waals surface area contributed by atoms with Gasteiger partial charge in [-0.25, -0.2) is 0 Å². The fourth-order valence-corrected chi connectivity index (χ4v) is 2.52. The summed E-state index contributed by atoms with van der Waals surface area (Å²) >= 11 is 1.73. The molecule has 3 unspecified atom stereocenters. The van der Waals surface area contributed by atoms with E-state index in [0.717, 1.165) is 6.42 Å². The third-order valence-electron chi connectivity index (χ3n) is 2.59. The second-order valence-electron chi connectivity index (χ2n) is 4.10. The van der Waals surface area contributed by atoms with Crippen molar-refractivity contribution in [3.05, 3.63) is 21.9 Å². The molecular formula is C12H21NOS. The molecule has 0 amide bonds. The lowest BCUT2D eigenvalue weighted by Crippen LogP contribution is -2.29. The van der Waals surface area contributed by atoms with Gasteiger partial charge in [-0.2, -0.15) is 0 Å². The van der Waals surface area contributed by atoms with E-state index in [2.05, 4.69) is 32.2 Å². The molecule has 0 saturated heterocycles. The number of ether oxygens (including phenoxy) is 1. The number of rotatable bonds is 5. The molecule has 0 saturated carbocycles. The molecule has 0 aliphatic rings. The average molecular weight is 227 g/mol. The fraction of sp³-hybridized carbons (Fsp3) is 0.667. The van der Waals surface area contributed by atoms with Crippen LogP contribution in [-0.4, -0.2) is 12.1 Å². The van der Waals surface area contributed by atoms with Crippen LogP contribution in [0.2, 0.25) is 0 Å². The molecule has 3 atom stereocenters. The molecule has 0 aromatic carbocycles. The van der Waals surface area contributed by atoms with Gasteiger partial charge in [-0.3, -0.25) is 0 Å². The Morgan fingerprint density at radius 3 is 2.53 bits per heavy atom. The Bertz CT molecular complexity index is 296. The first-order valence-corrected chi connectivity index (χ1v) is 6.39. The first-order chi connectivity index (χ1) is 7.06. The Balaban J connectivity index is 2.79. The zero-order valence-corrected chi connectivity index (χ0v) is 10.8. The Labute approximate surface area is 96.4 Å². The van der Waals surface area contributed by atoms with Crippen molar-refractivity contribution in [1.29, 1.82) is 0 Å². The minimum absolute atomic E-state index is 0.0383. The maximum absolute atomic E-state index is 5.98. The van der Waals surface area contributed by atoms with E-state index in [1.165, 1.54) is 10.4 Å². The molecule has 1 aromatic rings. The third-order valence-corrected chi connectivity index (χ3v) is 3.67. The summed E-state index contributed by atoms with van der Waals surface area (Å²) in [7, 11) is 0. The zero-order valence-electron chi connectivity index (χ0n) is 9.99. The van der Waals surface area contributed by atoms with Gasteiger partial charge in [0, 0.05) is 10.9 Å². The summed E-state index contributed by atoms with van der Waals surface area (Å²) in [6, 6.07) is 2.16. The molecule has 86 valence electrons. The quantitative estimate of drug-likeness (QED) is 0.838. The Kier molecular flexibility index (Phi) is 4.77. The van der Waals surface area contributed by atoms with Gasteiger partial charge in [0.05, 0.1) is 6.10 Å². The lowest BCUT2D eigenvalue weighted by atomic mass is 10.1. The predicted molar refractivity (Wildman–Crippen MR) is 66.3 cm³/mol. The summed E-state index contributed by atoms with van der Waals surface area (Å²) in [6.45, 7) is 8.34. The van der Waals surface area contributed by atoms with E-state index in [-0.39, 0.29) is 18.2 Å². The molecule has 1 aromatic heterocycles. The van der Waals surface area contributed by atoms with Crippen LogP contribution in [0, 0.1) is 6.92 Å². The third kappa shape index (κ3) is 3.30. The van der Waals surface area contributed by atoms with Crippen LogP contribution < -0.4 is 5.73 Å². The summed E-state index contributed by atoms with van der Waals surface area (Å²) in [6.07, 6.45) is 1.33. The summed E-state index contributed by atoms with van der Waals surface area (Å²) < 4.78 is 5.97. The molecule has 2 nitrogen and oxygen atoms in total. The maximum Gasteiger partial charge on any atom is 0.107 e. The SMILES string of the molecule is CCC(C)OC(c1sccc1C)C(C)N. The molecular weight excluding hydrogens is 206 g/mol. The van der Waals surface area contributed by atoms with E-state index in [9.17, 15) is 0 Å². The maximum atomic E-state index is 5.98. The van der Waals surface area contributed by atoms with Crippen molar-refractivity contribution in [2.45, 2.75) is 52.4 Å². The van der Waals surface area contributed by atoms with Crippen molar-refractivity contribution in [2.75, 3.05) is 0 Å². The highest BCUT2D eigenvalue weighted by Gasteiger charge is 2.21. The van der Waals surface area contributed by atoms with Crippen LogP contribution in [0.15, 0.2) is 11.4 Å². The van der Waals surface area contributed by atoms with Crippen molar-refractivity contribution in [2.24, 2.45) is 5.73 Å². The number of hydrogen-bond donors (Lipinski definition) is 1. The molecule has 0 fully saturated rings. The summed E-state index contributed by atoms with van der Waals surface area (Å²) in [5, 5.41) is 2.10. The molecule has 0 spiro atoms. The van der Waals surface area contributed by atoms with E-state index in [0.29, 0.717) is 0 Å². The smallest absolute Gasteiger partial charge is 0.107 e. The van der Waals surface area contributed by atoms with Gasteiger partial charge in [0.15, 0.2) is 0 Å². The van der Waals surface area contributed by atoms with E-state index in [1.54, 1.807) is 11.3 Å². The second-order valence-corrected chi connectivity index (χ2v) is 5.05. The van der Waals surface area contributed by atoms with Crippen LogP contribution >= 0.6 is 11.3 Å². The van der Waals surface area contributed by atoms with Crippen molar-refractivity contribution >= 4 is 11.3 Å². The van der Waals surface area contributed by atoms with Gasteiger partial charge in [0.25, 0.3) is 0 Å². The van der Waals surface area contributed by atoms with Gasteiger partial charge in [0.2, 0.25) is 0 Å². The summed E-state index contributed by atoms with van der Waals surface area (Å²) in [5.74, 6) is 0. The largest absolute Gasteiger partial charge is 0.368 e. The molecule has 0 aliphatic carbocycles. The summed E-state index contributed by atoms with van der Waals surface area (Å²) in [4.78, 5) is 1.27. The molecule has 0 aliphatic heterocycles. The van der Waals surface area contributed by atoms with Crippen molar-refractivity contribution in [3.8, 4) is 0 Å². The van der Waals surface area contributed by atoms with Gasteiger partial charge in [0.1, 0.15) is 6.10 Å². The van der Waals surface area contributed by atoms with Crippen LogP contribution in [0.1, 0.15) is 43.7 Å². The minimum Gasteiger partial charge on any atom is -0.368 e. The van der Waals surface area contributed by atoms with Crippen molar-refractivity contribution in [1.82, 2.24) is 0 Å². The average Bonchev–Trinajstić information content (AvgIpc) is 2.60. The first-order valence-electron chi connectivity index (χ1n) is 5.51. The van der Waals surface area contributed by atoms with Gasteiger partial charge in [-0.1, -0.05) is 6.92 Å². The molecule has 1 heterocycles. The van der Waals surface area contributed by atoms with Crippen LogP contribution in [0.4, 0.5) is 0 Å². The zero-order chi connectivity index (χ0) is 11.4. The monoisotopic (exact) mass is 227 g/mol. The second kappa shape index (κ2) is 5.64. The molecule has 0 bridgehead atoms. The fourth-order valence-electron chi connectivity index (χ4n) is 1.45. The van der Waals surface area contributed by atoms with Crippen LogP contribution in [0.25, 0.3) is 0 Å². The normalized spacial score (nSPS) is 17.4. The van der Waals surface area contributed by atoms with Crippen LogP contribution in [-0.2, 0) is 4.74 Å². The number of aryl methyl sites for hydroxylation is 1. The van der Waals surface area contributed by atoms with E-state index < -0.39 is 0 Å². The number of hydrogen-bond acceptors (Lipinski definition) is 3. The molecule has 1 rings (SSSR count). The highest BCUT2D eigenvalue weighted by Crippen LogP contribution is 2.30. The molecule has 15 heavy (non-hydrogen) atoms. The van der Waals surface area contributed by atoms with Gasteiger partial charge < -0.3 is 10.5 Å². The van der Waals surface area contributed by atoms with E-state index >= 15 is 0 Å². The molecule has 0 radical (unpaired) electrons. The van der Waals surface area contributed by atoms with Crippen molar-refractivity contribution in [3.63, 3.8) is 0 Å². The van der Waals surface area contributed by atoms with Crippen LogP contribution in [0.3, 0.4) is 0 Å². The number of nitrogens with two attached hydrogens (primary N) is 1. The molecule has 3 heteroatoms. The Morgan fingerprint density at radius 2 is 2.13 bits per heavy atom. The first kappa shape index (κ1) is 12.7. The Hall–Kier alpha value is -0.380. The minimum atomic E-state index is 0.0383. The van der Waals surface area contributed by atoms with Crippen molar-refractivity contribution < 1.29 is 4.74 Å². The lowest BCUT2D eigenvalue weighted by molar-refractivity contribution is -0.0144. The van der Waals surface area contributed by atoms with Gasteiger partial charge in [-0.05, 0) is 44.2 Å².